The van der Waals surface area contributed by atoms with Crippen LogP contribution in [0.5, 0.6) is 0 Å². The van der Waals surface area contributed by atoms with Crippen LogP contribution in [0.25, 0.3) is 11.4 Å². The summed E-state index contributed by atoms with van der Waals surface area (Å²) in [5.41, 5.74) is 2.23. The Morgan fingerprint density at radius 3 is 2.92 bits per heavy atom. The molecule has 1 aliphatic rings. The molecule has 134 valence electrons. The van der Waals surface area contributed by atoms with Crippen molar-refractivity contribution in [3.05, 3.63) is 58.8 Å². The highest BCUT2D eigenvalue weighted by Gasteiger charge is 2.26. The highest BCUT2D eigenvalue weighted by atomic mass is 32.1. The molecule has 1 amide bonds. The van der Waals surface area contributed by atoms with Crippen LogP contribution in [0.15, 0.2) is 48.2 Å². The van der Waals surface area contributed by atoms with Crippen molar-refractivity contribution in [3.8, 4) is 11.4 Å². The number of aryl methyl sites for hydroxylation is 1. The average Bonchev–Trinajstić information content (AvgIpc) is 3.33. The van der Waals surface area contributed by atoms with Crippen LogP contribution < -0.4 is 0 Å². The van der Waals surface area contributed by atoms with E-state index in [2.05, 4.69) is 21.5 Å². The molecule has 6 heteroatoms. The Bertz CT molecular complexity index is 873. The predicted molar refractivity (Wildman–Crippen MR) is 103 cm³/mol. The second-order valence-corrected chi connectivity index (χ2v) is 7.75. The van der Waals surface area contributed by atoms with E-state index in [0.29, 0.717) is 5.92 Å². The maximum absolute atomic E-state index is 12.7. The minimum absolute atomic E-state index is 0.168. The number of thiophene rings is 1. The molecule has 4 heterocycles. The number of hydrogen-bond acceptors (Lipinski definition) is 4. The number of imidazole rings is 1. The Morgan fingerprint density at radius 1 is 1.31 bits per heavy atom. The van der Waals surface area contributed by atoms with Crippen LogP contribution in [0.3, 0.4) is 0 Å². The Hall–Kier alpha value is -2.47. The smallest absolute Gasteiger partial charge is 0.263 e. The lowest BCUT2D eigenvalue weighted by atomic mass is 9.97. The van der Waals surface area contributed by atoms with Gasteiger partial charge in [-0.05, 0) is 49.3 Å². The molecule has 1 saturated heterocycles. The molecule has 5 nitrogen and oxygen atoms in total. The first kappa shape index (κ1) is 17.0. The fourth-order valence-corrected chi connectivity index (χ4v) is 4.33. The summed E-state index contributed by atoms with van der Waals surface area (Å²) < 4.78 is 2.28. The van der Waals surface area contributed by atoms with Gasteiger partial charge >= 0.3 is 0 Å². The Balaban J connectivity index is 1.51. The van der Waals surface area contributed by atoms with Gasteiger partial charge in [0.05, 0.1) is 4.88 Å². The lowest BCUT2D eigenvalue weighted by molar-refractivity contribution is 0.0667. The van der Waals surface area contributed by atoms with Crippen LogP contribution in [0.1, 0.15) is 28.2 Å². The second-order valence-electron chi connectivity index (χ2n) is 6.81. The van der Waals surface area contributed by atoms with Gasteiger partial charge in [-0.15, -0.1) is 11.3 Å². The maximum Gasteiger partial charge on any atom is 0.263 e. The number of rotatable bonds is 4. The summed E-state index contributed by atoms with van der Waals surface area (Å²) in [4.78, 5) is 24.2. The SMILES string of the molecule is Cc1cnc(-c2ccncc2)n1CC1CCCN(C(=O)c2cccs2)C1. The van der Waals surface area contributed by atoms with E-state index in [4.69, 9.17) is 0 Å². The van der Waals surface area contributed by atoms with E-state index in [1.54, 1.807) is 12.4 Å². The molecule has 3 aromatic rings. The van der Waals surface area contributed by atoms with Gasteiger partial charge in [0, 0.05) is 49.5 Å². The van der Waals surface area contributed by atoms with Crippen LogP contribution >= 0.6 is 11.3 Å². The summed E-state index contributed by atoms with van der Waals surface area (Å²) in [7, 11) is 0. The third-order valence-corrected chi connectivity index (χ3v) is 5.83. The van der Waals surface area contributed by atoms with Crippen LogP contribution in [0.2, 0.25) is 0 Å². The molecule has 0 spiro atoms. The van der Waals surface area contributed by atoms with Gasteiger partial charge in [-0.1, -0.05) is 6.07 Å². The van der Waals surface area contributed by atoms with Crippen molar-refractivity contribution in [2.24, 2.45) is 5.92 Å². The van der Waals surface area contributed by atoms with Crippen molar-refractivity contribution in [3.63, 3.8) is 0 Å². The normalized spacial score (nSPS) is 17.4. The standard InChI is InChI=1S/C20H22N4OS/c1-15-12-22-19(17-6-8-21-9-7-17)24(15)14-16-4-2-10-23(13-16)20(25)18-5-3-11-26-18/h3,5-9,11-12,16H,2,4,10,13-14H2,1H3. The highest BCUT2D eigenvalue weighted by molar-refractivity contribution is 7.12. The summed E-state index contributed by atoms with van der Waals surface area (Å²) in [5.74, 6) is 1.59. The van der Waals surface area contributed by atoms with Crippen molar-refractivity contribution in [2.45, 2.75) is 26.3 Å². The molecule has 1 unspecified atom stereocenters. The molecule has 0 bridgehead atoms. The number of nitrogens with zero attached hydrogens (tertiary/aromatic N) is 4. The van der Waals surface area contributed by atoms with E-state index >= 15 is 0 Å². The first-order chi connectivity index (χ1) is 12.7. The molecule has 0 aliphatic carbocycles. The number of carbonyl (C=O) groups is 1. The molecular formula is C20H22N4OS. The van der Waals surface area contributed by atoms with E-state index in [1.165, 1.54) is 11.3 Å². The number of amides is 1. The first-order valence-corrected chi connectivity index (χ1v) is 9.85. The molecule has 1 fully saturated rings. The molecule has 0 saturated carbocycles. The molecule has 0 radical (unpaired) electrons. The van der Waals surface area contributed by atoms with Gasteiger partial charge in [-0.2, -0.15) is 0 Å². The monoisotopic (exact) mass is 366 g/mol. The molecule has 3 aromatic heterocycles. The van der Waals surface area contributed by atoms with E-state index < -0.39 is 0 Å². The Labute approximate surface area is 157 Å². The first-order valence-electron chi connectivity index (χ1n) is 8.97. The molecule has 26 heavy (non-hydrogen) atoms. The number of piperidine rings is 1. The zero-order valence-electron chi connectivity index (χ0n) is 14.8. The van der Waals surface area contributed by atoms with Crippen molar-refractivity contribution >= 4 is 17.2 Å². The van der Waals surface area contributed by atoms with Crippen LogP contribution in [-0.4, -0.2) is 38.4 Å². The minimum Gasteiger partial charge on any atom is -0.338 e. The molecule has 0 N–H and O–H groups in total. The zero-order valence-corrected chi connectivity index (χ0v) is 15.7. The van der Waals surface area contributed by atoms with E-state index in [9.17, 15) is 4.79 Å². The topological polar surface area (TPSA) is 51.0 Å². The predicted octanol–water partition coefficient (Wildman–Crippen LogP) is 3.87. The van der Waals surface area contributed by atoms with Crippen molar-refractivity contribution < 1.29 is 4.79 Å². The molecule has 1 atom stereocenters. The van der Waals surface area contributed by atoms with Gasteiger partial charge in [-0.3, -0.25) is 9.78 Å². The van der Waals surface area contributed by atoms with Gasteiger partial charge in [0.2, 0.25) is 0 Å². The lowest BCUT2D eigenvalue weighted by Crippen LogP contribution is -2.41. The quantitative estimate of drug-likeness (QED) is 0.704. The number of hydrogen-bond donors (Lipinski definition) is 0. The van der Waals surface area contributed by atoms with Crippen LogP contribution in [0.4, 0.5) is 0 Å². The highest BCUT2D eigenvalue weighted by Crippen LogP contribution is 2.25. The minimum atomic E-state index is 0.168. The van der Waals surface area contributed by atoms with Gasteiger partial charge < -0.3 is 9.47 Å². The summed E-state index contributed by atoms with van der Waals surface area (Å²) in [6.45, 7) is 4.64. The van der Waals surface area contributed by atoms with E-state index in [0.717, 1.165) is 54.4 Å². The van der Waals surface area contributed by atoms with Gasteiger partial charge in [-0.25, -0.2) is 4.98 Å². The molecule has 0 aromatic carbocycles. The summed E-state index contributed by atoms with van der Waals surface area (Å²) in [5, 5.41) is 1.96. The molecule has 1 aliphatic heterocycles. The number of carbonyl (C=O) groups excluding carboxylic acids is 1. The number of likely N-dealkylation sites (tertiary alicyclic amines) is 1. The largest absolute Gasteiger partial charge is 0.338 e. The van der Waals surface area contributed by atoms with Crippen LogP contribution in [-0.2, 0) is 6.54 Å². The summed E-state index contributed by atoms with van der Waals surface area (Å²) in [6, 6.07) is 7.84. The average molecular weight is 366 g/mol. The van der Waals surface area contributed by atoms with Gasteiger partial charge in [0.1, 0.15) is 5.82 Å². The zero-order chi connectivity index (χ0) is 17.9. The fraction of sp³-hybridized carbons (Fsp3) is 0.350. The Kier molecular flexibility index (Phi) is 4.84. The molecular weight excluding hydrogens is 344 g/mol. The van der Waals surface area contributed by atoms with E-state index in [1.807, 2.05) is 40.7 Å². The summed E-state index contributed by atoms with van der Waals surface area (Å²) in [6.07, 6.45) is 7.71. The third-order valence-electron chi connectivity index (χ3n) is 4.97. The van der Waals surface area contributed by atoms with Crippen LogP contribution in [0, 0.1) is 12.8 Å². The van der Waals surface area contributed by atoms with Crippen molar-refractivity contribution in [1.29, 1.82) is 0 Å². The third kappa shape index (κ3) is 3.42. The lowest BCUT2D eigenvalue weighted by Gasteiger charge is -2.33. The Morgan fingerprint density at radius 2 is 2.15 bits per heavy atom. The summed E-state index contributed by atoms with van der Waals surface area (Å²) >= 11 is 1.52. The van der Waals surface area contributed by atoms with Crippen molar-refractivity contribution in [1.82, 2.24) is 19.4 Å². The number of pyridine rings is 1. The number of aromatic nitrogens is 3. The second kappa shape index (κ2) is 7.41. The molecule has 4 rings (SSSR count). The van der Waals surface area contributed by atoms with Crippen molar-refractivity contribution in [2.75, 3.05) is 13.1 Å². The van der Waals surface area contributed by atoms with E-state index in [-0.39, 0.29) is 5.91 Å². The fourth-order valence-electron chi connectivity index (χ4n) is 3.64. The van der Waals surface area contributed by atoms with Gasteiger partial charge in [0.15, 0.2) is 0 Å². The maximum atomic E-state index is 12.7. The van der Waals surface area contributed by atoms with Gasteiger partial charge in [0.25, 0.3) is 5.91 Å².